The summed E-state index contributed by atoms with van der Waals surface area (Å²) in [6, 6.07) is 6.50. The Kier molecular flexibility index (Phi) is 4.15. The van der Waals surface area contributed by atoms with Gasteiger partial charge in [0.1, 0.15) is 0 Å². The molecule has 2 atom stereocenters. The van der Waals surface area contributed by atoms with Gasteiger partial charge in [-0.1, -0.05) is 0 Å². The number of rotatable bonds is 2. The van der Waals surface area contributed by atoms with E-state index < -0.39 is 0 Å². The number of nitrogens with zero attached hydrogens (tertiary/aromatic N) is 1. The van der Waals surface area contributed by atoms with E-state index in [1.165, 1.54) is 6.42 Å². The van der Waals surface area contributed by atoms with Crippen LogP contribution in [0.4, 0.5) is 0 Å². The molecule has 0 radical (unpaired) electrons. The monoisotopic (exact) mass is 271 g/mol. The molecule has 2 N–H and O–H groups in total. The van der Waals surface area contributed by atoms with Crippen LogP contribution in [0.5, 0.6) is 0 Å². The van der Waals surface area contributed by atoms with Crippen molar-refractivity contribution >= 4 is 15.0 Å². The molecular formula is C11H17N3Se. The maximum absolute atomic E-state index is 4.42. The van der Waals surface area contributed by atoms with E-state index in [4.69, 9.17) is 0 Å². The number of hydrogen-bond acceptors (Lipinski definition) is 3. The normalized spacial score (nSPS) is 27.3. The van der Waals surface area contributed by atoms with Crippen molar-refractivity contribution in [1.82, 2.24) is 15.6 Å². The average molecular weight is 270 g/mol. The first-order valence-electron chi connectivity index (χ1n) is 5.30. The van der Waals surface area contributed by atoms with Crippen molar-refractivity contribution < 1.29 is 0 Å². The molecule has 0 amide bonds. The summed E-state index contributed by atoms with van der Waals surface area (Å²) in [7, 11) is 0. The van der Waals surface area contributed by atoms with Gasteiger partial charge in [0.15, 0.2) is 0 Å². The molecular weight excluding hydrogens is 253 g/mol. The summed E-state index contributed by atoms with van der Waals surface area (Å²) in [5, 5.41) is 7.15. The van der Waals surface area contributed by atoms with Crippen molar-refractivity contribution in [1.29, 1.82) is 0 Å². The van der Waals surface area contributed by atoms with Crippen molar-refractivity contribution in [2.45, 2.75) is 23.2 Å². The Labute approximate surface area is 97.2 Å². The molecule has 2 unspecified atom stereocenters. The second-order valence-electron chi connectivity index (χ2n) is 3.69. The van der Waals surface area contributed by atoms with Crippen molar-refractivity contribution in [2.24, 2.45) is 0 Å². The molecule has 0 aliphatic carbocycles. The molecule has 0 spiro atoms. The van der Waals surface area contributed by atoms with E-state index in [0.717, 1.165) is 18.8 Å². The van der Waals surface area contributed by atoms with E-state index in [1.54, 1.807) is 0 Å². The first-order chi connectivity index (χ1) is 7.40. The second kappa shape index (κ2) is 5.61. The third-order valence-corrected chi connectivity index (χ3v) is 4.62. The SMILES string of the molecule is C[Se]C1CCNCC(c2ccccn2)N1. The number of nitrogens with one attached hydrogen (secondary N) is 2. The predicted molar refractivity (Wildman–Crippen MR) is 63.0 cm³/mol. The van der Waals surface area contributed by atoms with E-state index >= 15 is 0 Å². The van der Waals surface area contributed by atoms with Gasteiger partial charge in [0.2, 0.25) is 0 Å². The zero-order valence-corrected chi connectivity index (χ0v) is 10.7. The fourth-order valence-electron chi connectivity index (χ4n) is 1.80. The molecule has 2 heterocycles. The summed E-state index contributed by atoms with van der Waals surface area (Å²) in [6.07, 6.45) is 3.10. The number of aromatic nitrogens is 1. The summed E-state index contributed by atoms with van der Waals surface area (Å²) >= 11 is 0.666. The predicted octanol–water partition coefficient (Wildman–Crippen LogP) is 0.784. The minimum absolute atomic E-state index is 0.375. The van der Waals surface area contributed by atoms with Crippen LogP contribution in [0.1, 0.15) is 18.2 Å². The summed E-state index contributed by atoms with van der Waals surface area (Å²) in [6.45, 7) is 2.11. The van der Waals surface area contributed by atoms with Gasteiger partial charge in [0.25, 0.3) is 0 Å². The van der Waals surface area contributed by atoms with Crippen LogP contribution in [-0.2, 0) is 0 Å². The van der Waals surface area contributed by atoms with Gasteiger partial charge in [-0.05, 0) is 0 Å². The molecule has 1 saturated heterocycles. The van der Waals surface area contributed by atoms with E-state index in [2.05, 4.69) is 33.6 Å². The second-order valence-corrected chi connectivity index (χ2v) is 5.87. The quantitative estimate of drug-likeness (QED) is 0.780. The first kappa shape index (κ1) is 11.1. The summed E-state index contributed by atoms with van der Waals surface area (Å²) < 4.78 is 0. The third-order valence-electron chi connectivity index (χ3n) is 2.65. The van der Waals surface area contributed by atoms with Gasteiger partial charge in [-0.15, -0.1) is 0 Å². The van der Waals surface area contributed by atoms with Crippen molar-refractivity contribution in [2.75, 3.05) is 13.1 Å². The van der Waals surface area contributed by atoms with E-state index in [-0.39, 0.29) is 0 Å². The zero-order chi connectivity index (χ0) is 10.5. The van der Waals surface area contributed by atoms with Crippen LogP contribution in [-0.4, -0.2) is 38.0 Å². The molecule has 1 aromatic rings. The summed E-state index contributed by atoms with van der Waals surface area (Å²) in [5.74, 6) is 2.30. The fraction of sp³-hybridized carbons (Fsp3) is 0.545. The molecule has 3 nitrogen and oxygen atoms in total. The third kappa shape index (κ3) is 3.02. The Morgan fingerprint density at radius 1 is 1.47 bits per heavy atom. The topological polar surface area (TPSA) is 37.0 Å². The minimum atomic E-state index is 0.375. The van der Waals surface area contributed by atoms with Gasteiger partial charge in [0.05, 0.1) is 0 Å². The van der Waals surface area contributed by atoms with E-state index in [9.17, 15) is 0 Å². The van der Waals surface area contributed by atoms with Crippen LogP contribution in [0, 0.1) is 0 Å². The van der Waals surface area contributed by atoms with Crippen LogP contribution in [0.15, 0.2) is 24.4 Å². The molecule has 4 heteroatoms. The molecule has 0 bridgehead atoms. The van der Waals surface area contributed by atoms with Gasteiger partial charge >= 0.3 is 97.0 Å². The van der Waals surface area contributed by atoms with Crippen molar-refractivity contribution in [3.8, 4) is 0 Å². The van der Waals surface area contributed by atoms with Crippen LogP contribution in [0.2, 0.25) is 5.82 Å². The van der Waals surface area contributed by atoms with Gasteiger partial charge < -0.3 is 0 Å². The number of pyridine rings is 1. The first-order valence-corrected chi connectivity index (χ1v) is 8.01. The Balaban J connectivity index is 2.07. The molecule has 2 rings (SSSR count). The Bertz CT molecular complexity index is 291. The van der Waals surface area contributed by atoms with Crippen molar-refractivity contribution in [3.63, 3.8) is 0 Å². The molecule has 1 fully saturated rings. The van der Waals surface area contributed by atoms with E-state index in [1.807, 2.05) is 12.3 Å². The number of hydrogen-bond donors (Lipinski definition) is 2. The van der Waals surface area contributed by atoms with Gasteiger partial charge in [-0.25, -0.2) is 0 Å². The Morgan fingerprint density at radius 3 is 3.13 bits per heavy atom. The van der Waals surface area contributed by atoms with Crippen molar-refractivity contribution in [3.05, 3.63) is 30.1 Å². The van der Waals surface area contributed by atoms with Crippen LogP contribution >= 0.6 is 0 Å². The standard InChI is InChI=1S/C11H17N3Se/c1-15-11-5-7-12-8-10(14-11)9-4-2-3-6-13-9/h2-4,6,10-12,14H,5,7-8H2,1H3. The van der Waals surface area contributed by atoms with Gasteiger partial charge in [-0.2, -0.15) is 0 Å². The van der Waals surface area contributed by atoms with Crippen LogP contribution < -0.4 is 10.6 Å². The van der Waals surface area contributed by atoms with E-state index in [0.29, 0.717) is 25.9 Å². The average Bonchev–Trinajstić information content (AvgIpc) is 2.55. The van der Waals surface area contributed by atoms with Gasteiger partial charge in [-0.3, -0.25) is 0 Å². The Morgan fingerprint density at radius 2 is 2.40 bits per heavy atom. The van der Waals surface area contributed by atoms with Crippen LogP contribution in [0.25, 0.3) is 0 Å². The van der Waals surface area contributed by atoms with Crippen LogP contribution in [0.3, 0.4) is 0 Å². The molecule has 1 aliphatic rings. The molecule has 0 saturated carbocycles. The summed E-state index contributed by atoms with van der Waals surface area (Å²) in [5.41, 5.74) is 1.15. The molecule has 15 heavy (non-hydrogen) atoms. The molecule has 1 aliphatic heterocycles. The zero-order valence-electron chi connectivity index (χ0n) is 8.94. The van der Waals surface area contributed by atoms with Gasteiger partial charge in [0, 0.05) is 0 Å². The maximum atomic E-state index is 4.42. The summed E-state index contributed by atoms with van der Waals surface area (Å²) in [4.78, 5) is 5.10. The Hall–Kier alpha value is -0.411. The fourth-order valence-corrected chi connectivity index (χ4v) is 3.18. The molecule has 0 aromatic carbocycles. The molecule has 1 aromatic heterocycles. The molecule has 82 valence electrons.